The molecule has 8 nitrogen and oxygen atoms in total. The predicted molar refractivity (Wildman–Crippen MR) is 124 cm³/mol. The SMILES string of the molecule is CN=C(NCCS(=O)(=O)N1CC(C)OC(C)C1)N(C)Cc1cc(Cl)cn1C.I. The molecule has 162 valence electrons. The van der Waals surface area contributed by atoms with E-state index in [0.717, 1.165) is 5.69 Å². The molecule has 0 aromatic carbocycles. The van der Waals surface area contributed by atoms with Gasteiger partial charge in [0.2, 0.25) is 10.0 Å². The lowest BCUT2D eigenvalue weighted by atomic mass is 10.3. The number of guanidine groups is 1. The van der Waals surface area contributed by atoms with Crippen LogP contribution in [0.2, 0.25) is 5.02 Å². The van der Waals surface area contributed by atoms with E-state index in [2.05, 4.69) is 10.3 Å². The molecule has 1 fully saturated rings. The van der Waals surface area contributed by atoms with Gasteiger partial charge in [0.15, 0.2) is 5.96 Å². The fraction of sp³-hybridized carbons (Fsp3) is 0.706. The van der Waals surface area contributed by atoms with E-state index in [1.54, 1.807) is 7.05 Å². The van der Waals surface area contributed by atoms with Crippen LogP contribution in [-0.4, -0.2) is 79.8 Å². The van der Waals surface area contributed by atoms with Crippen molar-refractivity contribution in [2.24, 2.45) is 12.0 Å². The first-order chi connectivity index (χ1) is 12.6. The minimum absolute atomic E-state index is 0. The van der Waals surface area contributed by atoms with Crippen LogP contribution in [0.3, 0.4) is 0 Å². The molecule has 1 aromatic heterocycles. The zero-order chi connectivity index (χ0) is 20.2. The first-order valence-corrected chi connectivity index (χ1v) is 11.0. The second-order valence-electron chi connectivity index (χ2n) is 6.98. The number of aliphatic imine (C=N–C) groups is 1. The number of hydrogen-bond donors (Lipinski definition) is 1. The topological polar surface area (TPSA) is 79.2 Å². The van der Waals surface area contributed by atoms with Gasteiger partial charge < -0.3 is 19.5 Å². The number of nitrogens with zero attached hydrogens (tertiary/aromatic N) is 4. The molecule has 0 spiro atoms. The van der Waals surface area contributed by atoms with Crippen LogP contribution < -0.4 is 5.32 Å². The highest BCUT2D eigenvalue weighted by molar-refractivity contribution is 14.0. The third kappa shape index (κ3) is 7.05. The third-order valence-corrected chi connectivity index (χ3v) is 6.48. The molecule has 2 heterocycles. The number of ether oxygens (including phenoxy) is 1. The summed E-state index contributed by atoms with van der Waals surface area (Å²) in [5.41, 5.74) is 1.04. The van der Waals surface area contributed by atoms with Crippen LogP contribution >= 0.6 is 35.6 Å². The highest BCUT2D eigenvalue weighted by Crippen LogP contribution is 2.15. The van der Waals surface area contributed by atoms with Gasteiger partial charge in [-0.15, -0.1) is 24.0 Å². The van der Waals surface area contributed by atoms with Crippen molar-refractivity contribution in [2.45, 2.75) is 32.6 Å². The summed E-state index contributed by atoms with van der Waals surface area (Å²) in [6.45, 7) is 5.47. The van der Waals surface area contributed by atoms with Crippen LogP contribution in [0.4, 0.5) is 0 Å². The number of nitrogens with one attached hydrogen (secondary N) is 1. The number of aromatic nitrogens is 1. The fourth-order valence-corrected chi connectivity index (χ4v) is 4.97. The van der Waals surface area contributed by atoms with Crippen LogP contribution in [0.1, 0.15) is 19.5 Å². The Labute approximate surface area is 190 Å². The van der Waals surface area contributed by atoms with Crippen molar-refractivity contribution in [3.05, 3.63) is 23.0 Å². The minimum Gasteiger partial charge on any atom is -0.373 e. The second-order valence-corrected chi connectivity index (χ2v) is 9.51. The molecule has 0 amide bonds. The molecule has 0 radical (unpaired) electrons. The van der Waals surface area contributed by atoms with Gasteiger partial charge in [-0.3, -0.25) is 4.99 Å². The van der Waals surface area contributed by atoms with Crippen LogP contribution in [0.15, 0.2) is 17.3 Å². The van der Waals surface area contributed by atoms with E-state index < -0.39 is 10.0 Å². The molecule has 0 aliphatic carbocycles. The van der Waals surface area contributed by atoms with Crippen LogP contribution in [0.5, 0.6) is 0 Å². The molecule has 1 saturated heterocycles. The molecule has 1 aliphatic rings. The molecule has 1 N–H and O–H groups in total. The Morgan fingerprint density at radius 1 is 1.39 bits per heavy atom. The molecule has 2 unspecified atom stereocenters. The van der Waals surface area contributed by atoms with Gasteiger partial charge in [-0.1, -0.05) is 11.6 Å². The highest BCUT2D eigenvalue weighted by Gasteiger charge is 2.30. The molecule has 1 aromatic rings. The largest absolute Gasteiger partial charge is 0.373 e. The summed E-state index contributed by atoms with van der Waals surface area (Å²) < 4.78 is 34.3. The molecule has 2 rings (SSSR count). The van der Waals surface area contributed by atoms with Crippen molar-refractivity contribution in [1.82, 2.24) is 19.1 Å². The smallest absolute Gasteiger partial charge is 0.216 e. The second kappa shape index (κ2) is 11.0. The maximum atomic E-state index is 12.6. The Bertz CT molecular complexity index is 761. The van der Waals surface area contributed by atoms with E-state index in [0.29, 0.717) is 30.6 Å². The number of rotatable bonds is 6. The summed E-state index contributed by atoms with van der Waals surface area (Å²) in [6, 6.07) is 1.90. The molecule has 2 atom stereocenters. The maximum Gasteiger partial charge on any atom is 0.216 e. The molecule has 0 bridgehead atoms. The van der Waals surface area contributed by atoms with E-state index in [4.69, 9.17) is 16.3 Å². The number of sulfonamides is 1. The van der Waals surface area contributed by atoms with Crippen molar-refractivity contribution in [1.29, 1.82) is 0 Å². The lowest BCUT2D eigenvalue weighted by Crippen LogP contribution is -2.50. The Hall–Kier alpha value is -0.560. The lowest BCUT2D eigenvalue weighted by molar-refractivity contribution is -0.0440. The van der Waals surface area contributed by atoms with Gasteiger partial charge in [0.25, 0.3) is 0 Å². The van der Waals surface area contributed by atoms with E-state index in [1.807, 2.05) is 49.7 Å². The van der Waals surface area contributed by atoms with Gasteiger partial charge in [-0.2, -0.15) is 4.31 Å². The summed E-state index contributed by atoms with van der Waals surface area (Å²) in [5, 5.41) is 3.81. The fourth-order valence-electron chi connectivity index (χ4n) is 3.20. The molecular weight excluding hydrogens is 517 g/mol. The Kier molecular flexibility index (Phi) is 10.0. The summed E-state index contributed by atoms with van der Waals surface area (Å²) in [4.78, 5) is 6.17. The number of hydrogen-bond acceptors (Lipinski definition) is 4. The van der Waals surface area contributed by atoms with Gasteiger partial charge in [0.05, 0.1) is 29.5 Å². The van der Waals surface area contributed by atoms with Crippen LogP contribution in [0.25, 0.3) is 0 Å². The van der Waals surface area contributed by atoms with E-state index in [9.17, 15) is 8.42 Å². The van der Waals surface area contributed by atoms with E-state index >= 15 is 0 Å². The van der Waals surface area contributed by atoms with Crippen molar-refractivity contribution >= 4 is 51.6 Å². The van der Waals surface area contributed by atoms with Crippen molar-refractivity contribution in [2.75, 3.05) is 39.5 Å². The quantitative estimate of drug-likeness (QED) is 0.334. The van der Waals surface area contributed by atoms with Gasteiger partial charge in [-0.05, 0) is 19.9 Å². The van der Waals surface area contributed by atoms with Crippen molar-refractivity contribution in [3.63, 3.8) is 0 Å². The summed E-state index contributed by atoms with van der Waals surface area (Å²) in [5.74, 6) is 0.640. The molecular formula is C17H31ClIN5O3S. The first kappa shape index (κ1) is 25.5. The monoisotopic (exact) mass is 547 g/mol. The van der Waals surface area contributed by atoms with Crippen molar-refractivity contribution in [3.8, 4) is 0 Å². The Morgan fingerprint density at radius 2 is 2.00 bits per heavy atom. The van der Waals surface area contributed by atoms with Crippen LogP contribution in [0, 0.1) is 0 Å². The highest BCUT2D eigenvalue weighted by atomic mass is 127. The van der Waals surface area contributed by atoms with Gasteiger partial charge >= 0.3 is 0 Å². The zero-order valence-corrected chi connectivity index (χ0v) is 21.0. The predicted octanol–water partition coefficient (Wildman–Crippen LogP) is 1.74. The van der Waals surface area contributed by atoms with E-state index in [1.165, 1.54) is 4.31 Å². The van der Waals surface area contributed by atoms with Gasteiger partial charge in [0.1, 0.15) is 0 Å². The normalized spacial score (nSPS) is 21.3. The Balaban J connectivity index is 0.00000392. The van der Waals surface area contributed by atoms with Crippen molar-refractivity contribution < 1.29 is 13.2 Å². The standard InChI is InChI=1S/C17H30ClN5O3S.HI/c1-13-9-23(10-14(2)26-13)27(24,25)7-6-20-17(19-3)22(5)12-16-8-15(18)11-21(16)4;/h8,11,13-14H,6-7,9-10,12H2,1-5H3,(H,19,20);1H. The third-order valence-electron chi connectivity index (χ3n) is 4.47. The zero-order valence-electron chi connectivity index (χ0n) is 17.1. The van der Waals surface area contributed by atoms with Gasteiger partial charge in [-0.25, -0.2) is 8.42 Å². The molecule has 0 saturated carbocycles. The number of halogens is 2. The summed E-state index contributed by atoms with van der Waals surface area (Å²) in [6.07, 6.45) is 1.66. The minimum atomic E-state index is -3.35. The van der Waals surface area contributed by atoms with Crippen LogP contribution in [-0.2, 0) is 28.4 Å². The molecule has 1 aliphatic heterocycles. The summed E-state index contributed by atoms with van der Waals surface area (Å²) in [7, 11) is 2.16. The average Bonchev–Trinajstić information content (AvgIpc) is 2.87. The maximum absolute atomic E-state index is 12.6. The summed E-state index contributed by atoms with van der Waals surface area (Å²) >= 11 is 6.03. The average molecular weight is 548 g/mol. The van der Waals surface area contributed by atoms with E-state index in [-0.39, 0.29) is 48.5 Å². The Morgan fingerprint density at radius 3 is 2.50 bits per heavy atom. The first-order valence-electron chi connectivity index (χ1n) is 8.98. The number of aryl methyl sites for hydroxylation is 1. The number of morpholine rings is 1. The molecule has 28 heavy (non-hydrogen) atoms. The lowest BCUT2D eigenvalue weighted by Gasteiger charge is -2.34. The molecule has 11 heteroatoms. The van der Waals surface area contributed by atoms with Gasteiger partial charge in [0, 0.05) is 52.7 Å².